The Morgan fingerprint density at radius 3 is 2.87 bits per heavy atom. The number of fused-ring (bicyclic) bond motifs is 2. The number of anilines is 1. The molecule has 2 N–H and O–H groups in total. The highest BCUT2D eigenvalue weighted by atomic mass is 19.1. The number of rotatable bonds is 3. The minimum atomic E-state index is -0.263. The second-order valence-corrected chi connectivity index (χ2v) is 5.59. The summed E-state index contributed by atoms with van der Waals surface area (Å²) < 4.78 is 30.3. The molecule has 120 valence electrons. The Kier molecular flexibility index (Phi) is 3.27. The van der Waals surface area contributed by atoms with Crippen LogP contribution in [0.15, 0.2) is 30.3 Å². The van der Waals surface area contributed by atoms with Gasteiger partial charge < -0.3 is 24.8 Å². The van der Waals surface area contributed by atoms with Crippen molar-refractivity contribution in [1.29, 1.82) is 0 Å². The summed E-state index contributed by atoms with van der Waals surface area (Å²) in [5, 5.41) is 0. The monoisotopic (exact) mass is 316 g/mol. The molecule has 1 unspecified atom stereocenters. The molecule has 1 atom stereocenters. The summed E-state index contributed by atoms with van der Waals surface area (Å²) in [6.07, 6.45) is 0. The van der Waals surface area contributed by atoms with Gasteiger partial charge in [-0.25, -0.2) is 4.39 Å². The first-order valence-electron chi connectivity index (χ1n) is 7.44. The van der Waals surface area contributed by atoms with Crippen LogP contribution in [-0.4, -0.2) is 20.4 Å². The summed E-state index contributed by atoms with van der Waals surface area (Å²) in [6, 6.07) is 8.89. The Hall–Kier alpha value is -2.47. The summed E-state index contributed by atoms with van der Waals surface area (Å²) in [5.41, 5.74) is 8.44. The lowest BCUT2D eigenvalue weighted by molar-refractivity contribution is 0.174. The molecular weight excluding hydrogens is 299 g/mol. The van der Waals surface area contributed by atoms with Crippen LogP contribution >= 0.6 is 0 Å². The van der Waals surface area contributed by atoms with Crippen molar-refractivity contribution in [2.45, 2.75) is 12.6 Å². The molecule has 0 saturated carbocycles. The minimum Gasteiger partial charge on any atom is -0.497 e. The van der Waals surface area contributed by atoms with E-state index < -0.39 is 0 Å². The molecule has 2 aliphatic heterocycles. The Balaban J connectivity index is 1.75. The van der Waals surface area contributed by atoms with Gasteiger partial charge in [0, 0.05) is 36.5 Å². The fraction of sp³-hybridized carbons (Fsp3) is 0.294. The summed E-state index contributed by atoms with van der Waals surface area (Å²) in [6.45, 7) is 1.08. The van der Waals surface area contributed by atoms with Gasteiger partial charge in [-0.05, 0) is 23.8 Å². The van der Waals surface area contributed by atoms with Gasteiger partial charge in [-0.15, -0.1) is 0 Å². The summed E-state index contributed by atoms with van der Waals surface area (Å²) in [5.74, 6) is 1.67. The van der Waals surface area contributed by atoms with Crippen LogP contribution in [0.5, 0.6) is 17.2 Å². The normalized spacial score (nSPS) is 18.2. The summed E-state index contributed by atoms with van der Waals surface area (Å²) >= 11 is 0. The summed E-state index contributed by atoms with van der Waals surface area (Å²) in [7, 11) is 1.53. The van der Waals surface area contributed by atoms with Gasteiger partial charge in [0.15, 0.2) is 11.5 Å². The fourth-order valence-electron chi connectivity index (χ4n) is 3.25. The SMILES string of the molecule is COc1cc(F)c2c(c1)C(CN)N(c1ccc3c(c1)OCO3)C2. The molecule has 0 amide bonds. The van der Waals surface area contributed by atoms with Gasteiger partial charge in [0.1, 0.15) is 11.6 Å². The molecular formula is C17H17FN2O3. The molecule has 0 radical (unpaired) electrons. The molecule has 0 fully saturated rings. The maximum atomic E-state index is 14.4. The number of hydrogen-bond donors (Lipinski definition) is 1. The van der Waals surface area contributed by atoms with E-state index in [1.807, 2.05) is 24.3 Å². The number of methoxy groups -OCH3 is 1. The zero-order valence-electron chi connectivity index (χ0n) is 12.7. The molecule has 0 aromatic heterocycles. The fourth-order valence-corrected chi connectivity index (χ4v) is 3.25. The topological polar surface area (TPSA) is 57.0 Å². The third-order valence-electron chi connectivity index (χ3n) is 4.41. The molecule has 4 rings (SSSR count). The molecule has 0 bridgehead atoms. The number of nitrogens with two attached hydrogens (primary N) is 1. The van der Waals surface area contributed by atoms with E-state index in [2.05, 4.69) is 4.90 Å². The van der Waals surface area contributed by atoms with E-state index in [1.54, 1.807) is 0 Å². The van der Waals surface area contributed by atoms with E-state index >= 15 is 0 Å². The summed E-state index contributed by atoms with van der Waals surface area (Å²) in [4.78, 5) is 2.08. The lowest BCUT2D eigenvalue weighted by atomic mass is 10.0. The Bertz CT molecular complexity index is 766. The Morgan fingerprint density at radius 1 is 1.26 bits per heavy atom. The largest absolute Gasteiger partial charge is 0.497 e. The van der Waals surface area contributed by atoms with E-state index in [9.17, 15) is 4.39 Å². The number of halogens is 1. The van der Waals surface area contributed by atoms with Gasteiger partial charge in [0.2, 0.25) is 6.79 Å². The van der Waals surface area contributed by atoms with E-state index in [4.69, 9.17) is 19.9 Å². The molecule has 5 nitrogen and oxygen atoms in total. The van der Waals surface area contributed by atoms with Crippen LogP contribution in [0, 0.1) is 5.82 Å². The lowest BCUT2D eigenvalue weighted by Crippen LogP contribution is -2.27. The van der Waals surface area contributed by atoms with Crippen LogP contribution in [-0.2, 0) is 6.54 Å². The maximum absolute atomic E-state index is 14.4. The van der Waals surface area contributed by atoms with E-state index in [1.165, 1.54) is 13.2 Å². The molecule has 0 saturated heterocycles. The smallest absolute Gasteiger partial charge is 0.231 e. The van der Waals surface area contributed by atoms with Crippen LogP contribution in [0.1, 0.15) is 17.2 Å². The van der Waals surface area contributed by atoms with Crippen LogP contribution in [0.2, 0.25) is 0 Å². The quantitative estimate of drug-likeness (QED) is 0.943. The maximum Gasteiger partial charge on any atom is 0.231 e. The third-order valence-corrected chi connectivity index (χ3v) is 4.41. The average Bonchev–Trinajstić information content (AvgIpc) is 3.17. The van der Waals surface area contributed by atoms with Crippen molar-refractivity contribution in [3.8, 4) is 17.2 Å². The van der Waals surface area contributed by atoms with Gasteiger partial charge in [-0.1, -0.05) is 0 Å². The molecule has 2 heterocycles. The van der Waals surface area contributed by atoms with Crippen LogP contribution < -0.4 is 24.8 Å². The first kappa shape index (κ1) is 14.1. The van der Waals surface area contributed by atoms with Crippen molar-refractivity contribution >= 4 is 5.69 Å². The number of ether oxygens (including phenoxy) is 3. The second-order valence-electron chi connectivity index (χ2n) is 5.59. The number of hydrogen-bond acceptors (Lipinski definition) is 5. The standard InChI is InChI=1S/C17H17FN2O3/c1-21-11-5-12-13(14(18)6-11)8-20(15(12)7-19)10-2-3-16-17(4-10)23-9-22-16/h2-6,15H,7-9,19H2,1H3. The van der Waals surface area contributed by atoms with Gasteiger partial charge in [0.25, 0.3) is 0 Å². The van der Waals surface area contributed by atoms with Crippen molar-refractivity contribution < 1.29 is 18.6 Å². The molecule has 6 heteroatoms. The van der Waals surface area contributed by atoms with Crippen LogP contribution in [0.4, 0.5) is 10.1 Å². The van der Waals surface area contributed by atoms with Crippen LogP contribution in [0.3, 0.4) is 0 Å². The highest BCUT2D eigenvalue weighted by Crippen LogP contribution is 2.43. The third kappa shape index (κ3) is 2.17. The van der Waals surface area contributed by atoms with E-state index in [0.29, 0.717) is 30.2 Å². The predicted octanol–water partition coefficient (Wildman–Crippen LogP) is 2.58. The molecule has 2 aliphatic rings. The van der Waals surface area contributed by atoms with Crippen molar-refractivity contribution in [3.05, 3.63) is 47.3 Å². The van der Waals surface area contributed by atoms with Crippen molar-refractivity contribution in [2.75, 3.05) is 25.3 Å². The lowest BCUT2D eigenvalue weighted by Gasteiger charge is -2.26. The predicted molar refractivity (Wildman–Crippen MR) is 83.5 cm³/mol. The molecule has 2 aromatic carbocycles. The number of nitrogens with zero attached hydrogens (tertiary/aromatic N) is 1. The zero-order chi connectivity index (χ0) is 16.0. The van der Waals surface area contributed by atoms with Gasteiger partial charge in [-0.2, -0.15) is 0 Å². The number of benzene rings is 2. The van der Waals surface area contributed by atoms with Crippen molar-refractivity contribution in [3.63, 3.8) is 0 Å². The average molecular weight is 316 g/mol. The van der Waals surface area contributed by atoms with Crippen LogP contribution in [0.25, 0.3) is 0 Å². The van der Waals surface area contributed by atoms with Gasteiger partial charge >= 0.3 is 0 Å². The highest BCUT2D eigenvalue weighted by molar-refractivity contribution is 5.61. The van der Waals surface area contributed by atoms with E-state index in [0.717, 1.165) is 17.0 Å². The molecule has 23 heavy (non-hydrogen) atoms. The van der Waals surface area contributed by atoms with Crippen molar-refractivity contribution in [1.82, 2.24) is 0 Å². The minimum absolute atomic E-state index is 0.102. The Morgan fingerprint density at radius 2 is 2.09 bits per heavy atom. The first-order chi connectivity index (χ1) is 11.2. The highest BCUT2D eigenvalue weighted by Gasteiger charge is 2.33. The van der Waals surface area contributed by atoms with Crippen molar-refractivity contribution in [2.24, 2.45) is 5.73 Å². The molecule has 0 spiro atoms. The molecule has 2 aromatic rings. The van der Waals surface area contributed by atoms with Gasteiger partial charge in [0.05, 0.1) is 13.2 Å². The Labute approximate surface area is 133 Å². The first-order valence-corrected chi connectivity index (χ1v) is 7.44. The second kappa shape index (κ2) is 5.31. The van der Waals surface area contributed by atoms with Gasteiger partial charge in [-0.3, -0.25) is 0 Å². The van der Waals surface area contributed by atoms with E-state index in [-0.39, 0.29) is 18.7 Å². The zero-order valence-corrected chi connectivity index (χ0v) is 12.7. The molecule has 0 aliphatic carbocycles.